The molecule has 0 bridgehead atoms. The molecular weight excluding hydrogens is 502 g/mol. The van der Waals surface area contributed by atoms with E-state index >= 15 is 0 Å². The van der Waals surface area contributed by atoms with Crippen molar-refractivity contribution in [2.24, 2.45) is 0 Å². The number of para-hydroxylation sites is 2. The molecule has 2 N–H and O–H groups in total. The molecule has 1 atom stereocenters. The molecule has 0 saturated carbocycles. The first-order chi connectivity index (χ1) is 16.0. The second-order valence-electron chi connectivity index (χ2n) is 7.49. The average Bonchev–Trinajstić information content (AvgIpc) is 2.79. The summed E-state index contributed by atoms with van der Waals surface area (Å²) < 4.78 is 58.9. The zero-order valence-electron chi connectivity index (χ0n) is 17.8. The molecule has 0 unspecified atom stereocenters. The van der Waals surface area contributed by atoms with Gasteiger partial charge in [0.05, 0.1) is 23.4 Å². The SMILES string of the molecule is CS(=O)(=O)N1C[C@@H](C(=O)Nc2ccc(S(=O)(=O)Nc3ccc(Cl)cc3)cc2)Oc2ccccc21. The summed E-state index contributed by atoms with van der Waals surface area (Å²) >= 11 is 5.82. The third kappa shape index (κ3) is 5.27. The number of fused-ring (bicyclic) bond motifs is 1. The van der Waals surface area contributed by atoms with Crippen molar-refractivity contribution in [2.45, 2.75) is 11.0 Å². The first-order valence-corrected chi connectivity index (χ1v) is 13.7. The summed E-state index contributed by atoms with van der Waals surface area (Å²) in [6.07, 6.45) is -0.0407. The Labute approximate surface area is 202 Å². The fraction of sp³-hybridized carbons (Fsp3) is 0.136. The highest BCUT2D eigenvalue weighted by molar-refractivity contribution is 7.92. The lowest BCUT2D eigenvalue weighted by atomic mass is 10.2. The van der Waals surface area contributed by atoms with Gasteiger partial charge in [-0.3, -0.25) is 13.8 Å². The molecule has 0 fully saturated rings. The molecule has 3 aromatic carbocycles. The summed E-state index contributed by atoms with van der Waals surface area (Å²) in [5, 5.41) is 3.11. The van der Waals surface area contributed by atoms with E-state index in [2.05, 4.69) is 10.0 Å². The summed E-state index contributed by atoms with van der Waals surface area (Å²) in [6.45, 7) is -0.195. The molecule has 1 aliphatic rings. The second-order valence-corrected chi connectivity index (χ2v) is 11.5. The third-order valence-electron chi connectivity index (χ3n) is 4.96. The number of carbonyl (C=O) groups excluding carboxylic acids is 1. The normalized spacial score (nSPS) is 15.7. The highest BCUT2D eigenvalue weighted by Gasteiger charge is 2.34. The topological polar surface area (TPSA) is 122 Å². The van der Waals surface area contributed by atoms with Crippen LogP contribution in [0.25, 0.3) is 0 Å². The van der Waals surface area contributed by atoms with Crippen LogP contribution < -0.4 is 19.1 Å². The quantitative estimate of drug-likeness (QED) is 0.513. The van der Waals surface area contributed by atoms with Gasteiger partial charge in [0.15, 0.2) is 6.10 Å². The van der Waals surface area contributed by atoms with Gasteiger partial charge in [0.2, 0.25) is 10.0 Å². The zero-order chi connectivity index (χ0) is 24.5. The number of ether oxygens (including phenoxy) is 1. The lowest BCUT2D eigenvalue weighted by Gasteiger charge is -2.33. The number of rotatable bonds is 6. The van der Waals surface area contributed by atoms with Crippen LogP contribution in [0.4, 0.5) is 17.1 Å². The van der Waals surface area contributed by atoms with Crippen molar-refractivity contribution in [2.75, 3.05) is 27.1 Å². The fourth-order valence-electron chi connectivity index (χ4n) is 3.33. The van der Waals surface area contributed by atoms with Crippen molar-refractivity contribution >= 4 is 54.6 Å². The van der Waals surface area contributed by atoms with Crippen molar-refractivity contribution in [3.05, 3.63) is 77.8 Å². The number of carbonyl (C=O) groups is 1. The van der Waals surface area contributed by atoms with Crippen molar-refractivity contribution in [1.29, 1.82) is 0 Å². The van der Waals surface area contributed by atoms with Gasteiger partial charge in [-0.15, -0.1) is 0 Å². The molecule has 1 amide bonds. The monoisotopic (exact) mass is 521 g/mol. The van der Waals surface area contributed by atoms with Gasteiger partial charge in [-0.1, -0.05) is 23.7 Å². The molecule has 1 heterocycles. The second kappa shape index (κ2) is 9.16. The van der Waals surface area contributed by atoms with E-state index in [1.54, 1.807) is 36.4 Å². The number of amides is 1. The van der Waals surface area contributed by atoms with E-state index in [1.165, 1.54) is 36.4 Å². The van der Waals surface area contributed by atoms with Gasteiger partial charge in [0.1, 0.15) is 5.75 Å². The van der Waals surface area contributed by atoms with Crippen molar-refractivity contribution < 1.29 is 26.4 Å². The van der Waals surface area contributed by atoms with Crippen LogP contribution in [-0.2, 0) is 24.8 Å². The molecule has 0 saturated heterocycles. The van der Waals surface area contributed by atoms with Gasteiger partial charge in [0.25, 0.3) is 15.9 Å². The predicted molar refractivity (Wildman–Crippen MR) is 130 cm³/mol. The van der Waals surface area contributed by atoms with Crippen LogP contribution in [0.3, 0.4) is 0 Å². The molecular formula is C22H20ClN3O6S2. The zero-order valence-corrected chi connectivity index (χ0v) is 20.2. The van der Waals surface area contributed by atoms with Crippen LogP contribution in [0.1, 0.15) is 0 Å². The molecule has 0 radical (unpaired) electrons. The molecule has 0 aliphatic carbocycles. The van der Waals surface area contributed by atoms with E-state index in [4.69, 9.17) is 16.3 Å². The Morgan fingerprint density at radius 3 is 2.21 bits per heavy atom. The van der Waals surface area contributed by atoms with E-state index < -0.39 is 32.1 Å². The number of nitrogens with zero attached hydrogens (tertiary/aromatic N) is 1. The Hall–Kier alpha value is -3.28. The van der Waals surface area contributed by atoms with Crippen LogP contribution in [0.5, 0.6) is 5.75 Å². The molecule has 9 nitrogen and oxygen atoms in total. The highest BCUT2D eigenvalue weighted by Crippen LogP contribution is 2.34. The first-order valence-electron chi connectivity index (χ1n) is 9.96. The number of benzene rings is 3. The lowest BCUT2D eigenvalue weighted by molar-refractivity contribution is -0.122. The number of anilines is 3. The predicted octanol–water partition coefficient (Wildman–Crippen LogP) is 3.31. The summed E-state index contributed by atoms with van der Waals surface area (Å²) in [4.78, 5) is 12.8. The van der Waals surface area contributed by atoms with E-state index in [0.717, 1.165) is 10.6 Å². The summed E-state index contributed by atoms with van der Waals surface area (Å²) in [5.41, 5.74) is 1.03. The van der Waals surface area contributed by atoms with Gasteiger partial charge in [0, 0.05) is 16.4 Å². The van der Waals surface area contributed by atoms with E-state index in [9.17, 15) is 21.6 Å². The Kier molecular flexibility index (Phi) is 6.43. The molecule has 178 valence electrons. The highest BCUT2D eigenvalue weighted by atomic mass is 35.5. The molecule has 34 heavy (non-hydrogen) atoms. The van der Waals surface area contributed by atoms with Crippen molar-refractivity contribution in [3.8, 4) is 5.75 Å². The van der Waals surface area contributed by atoms with E-state index in [0.29, 0.717) is 22.1 Å². The van der Waals surface area contributed by atoms with Gasteiger partial charge >= 0.3 is 0 Å². The molecule has 12 heteroatoms. The van der Waals surface area contributed by atoms with Gasteiger partial charge < -0.3 is 10.1 Å². The fourth-order valence-corrected chi connectivity index (χ4v) is 5.42. The van der Waals surface area contributed by atoms with Crippen molar-refractivity contribution in [1.82, 2.24) is 0 Å². The largest absolute Gasteiger partial charge is 0.476 e. The van der Waals surface area contributed by atoms with Gasteiger partial charge in [-0.2, -0.15) is 0 Å². The van der Waals surface area contributed by atoms with Crippen LogP contribution in [0, 0.1) is 0 Å². The third-order valence-corrected chi connectivity index (χ3v) is 7.75. The van der Waals surface area contributed by atoms with Crippen LogP contribution >= 0.6 is 11.6 Å². The Balaban J connectivity index is 1.47. The smallest absolute Gasteiger partial charge is 0.267 e. The van der Waals surface area contributed by atoms with E-state index in [-0.39, 0.29) is 17.2 Å². The Morgan fingerprint density at radius 2 is 1.56 bits per heavy atom. The Bertz CT molecular complexity index is 1430. The average molecular weight is 522 g/mol. The lowest BCUT2D eigenvalue weighted by Crippen LogP contribution is -2.48. The summed E-state index contributed by atoms with van der Waals surface area (Å²) in [6, 6.07) is 18.3. The van der Waals surface area contributed by atoms with Crippen LogP contribution in [0.2, 0.25) is 5.02 Å². The number of sulfonamides is 2. The van der Waals surface area contributed by atoms with Crippen LogP contribution in [-0.4, -0.2) is 41.6 Å². The van der Waals surface area contributed by atoms with Crippen LogP contribution in [0.15, 0.2) is 77.7 Å². The first kappa shape index (κ1) is 23.9. The number of hydrogen-bond acceptors (Lipinski definition) is 6. The molecule has 0 spiro atoms. The number of halogens is 1. The van der Waals surface area contributed by atoms with E-state index in [1.807, 2.05) is 0 Å². The number of hydrogen-bond donors (Lipinski definition) is 2. The van der Waals surface area contributed by atoms with Crippen molar-refractivity contribution in [3.63, 3.8) is 0 Å². The van der Waals surface area contributed by atoms with Gasteiger partial charge in [-0.25, -0.2) is 16.8 Å². The standard InChI is InChI=1S/C22H20ClN3O6S2/c1-33(28,29)26-14-21(32-20-5-3-2-4-19(20)26)22(27)24-16-10-12-18(13-11-16)34(30,31)25-17-8-6-15(23)7-9-17/h2-13,21,25H,14H2,1H3,(H,24,27)/t21-/m0/s1. The maximum atomic E-state index is 12.8. The summed E-state index contributed by atoms with van der Waals surface area (Å²) in [7, 11) is -7.49. The summed E-state index contributed by atoms with van der Waals surface area (Å²) in [5.74, 6) is -0.299. The molecule has 0 aromatic heterocycles. The number of nitrogens with one attached hydrogen (secondary N) is 2. The van der Waals surface area contributed by atoms with Gasteiger partial charge in [-0.05, 0) is 60.7 Å². The Morgan fingerprint density at radius 1 is 0.941 bits per heavy atom. The maximum Gasteiger partial charge on any atom is 0.267 e. The minimum atomic E-state index is -3.85. The molecule has 1 aliphatic heterocycles. The minimum absolute atomic E-state index is 0.00783. The maximum absolute atomic E-state index is 12.8. The minimum Gasteiger partial charge on any atom is -0.476 e. The molecule has 3 aromatic rings. The molecule has 4 rings (SSSR count).